The zero-order valence-electron chi connectivity index (χ0n) is 14.9. The number of anilines is 1. The van der Waals surface area contributed by atoms with Gasteiger partial charge >= 0.3 is 0 Å². The quantitative estimate of drug-likeness (QED) is 0.661. The average Bonchev–Trinajstić information content (AvgIpc) is 2.68. The molecule has 0 spiro atoms. The maximum Gasteiger partial charge on any atom is 0.229 e. The highest BCUT2D eigenvalue weighted by molar-refractivity contribution is 9.10. The second-order valence-electron chi connectivity index (χ2n) is 6.75. The lowest BCUT2D eigenvalue weighted by atomic mass is 9.86. The topological polar surface area (TPSA) is 47.3 Å². The summed E-state index contributed by atoms with van der Waals surface area (Å²) in [7, 11) is 0. The zero-order valence-corrected chi connectivity index (χ0v) is 17.3. The van der Waals surface area contributed by atoms with E-state index in [1.165, 1.54) is 5.56 Å². The SMILES string of the molecule is Cc1cccc(N2CSC3=C(C#N)C(c4ccc(Br)cc4)CC(=O)N3C2)c1. The molecule has 0 aliphatic carbocycles. The first-order valence-corrected chi connectivity index (χ1v) is 10.5. The first-order chi connectivity index (χ1) is 13.1. The van der Waals surface area contributed by atoms with Crippen LogP contribution in [0, 0.1) is 18.3 Å². The van der Waals surface area contributed by atoms with Crippen LogP contribution in [-0.2, 0) is 4.79 Å². The number of fused-ring (bicyclic) bond motifs is 1. The summed E-state index contributed by atoms with van der Waals surface area (Å²) >= 11 is 5.01. The lowest BCUT2D eigenvalue weighted by molar-refractivity contribution is -0.129. The van der Waals surface area contributed by atoms with Gasteiger partial charge in [0.1, 0.15) is 0 Å². The van der Waals surface area contributed by atoms with Gasteiger partial charge in [0.2, 0.25) is 5.91 Å². The first-order valence-electron chi connectivity index (χ1n) is 8.71. The van der Waals surface area contributed by atoms with Gasteiger partial charge < -0.3 is 4.90 Å². The molecular weight excluding hydrogens is 422 g/mol. The molecule has 4 rings (SSSR count). The summed E-state index contributed by atoms with van der Waals surface area (Å²) < 4.78 is 0.988. The molecule has 2 aliphatic rings. The van der Waals surface area contributed by atoms with E-state index >= 15 is 0 Å². The molecular formula is C21H18BrN3OS. The van der Waals surface area contributed by atoms with E-state index in [0.29, 0.717) is 18.7 Å². The Hall–Kier alpha value is -2.23. The Labute approximate surface area is 171 Å². The molecule has 2 heterocycles. The summed E-state index contributed by atoms with van der Waals surface area (Å²) in [5, 5.41) is 10.7. The number of amides is 1. The van der Waals surface area contributed by atoms with E-state index < -0.39 is 0 Å². The third kappa shape index (κ3) is 3.50. The maximum atomic E-state index is 12.9. The molecule has 4 nitrogen and oxygen atoms in total. The van der Waals surface area contributed by atoms with E-state index in [9.17, 15) is 10.1 Å². The van der Waals surface area contributed by atoms with Crippen LogP contribution in [0.5, 0.6) is 0 Å². The summed E-state index contributed by atoms with van der Waals surface area (Å²) in [5.41, 5.74) is 4.00. The number of hydrogen-bond acceptors (Lipinski definition) is 4. The summed E-state index contributed by atoms with van der Waals surface area (Å²) in [6, 6.07) is 18.6. The molecule has 136 valence electrons. The van der Waals surface area contributed by atoms with Crippen LogP contribution in [-0.4, -0.2) is 23.4 Å². The highest BCUT2D eigenvalue weighted by Crippen LogP contribution is 2.43. The van der Waals surface area contributed by atoms with Crippen LogP contribution in [0.3, 0.4) is 0 Å². The van der Waals surface area contributed by atoms with Crippen molar-refractivity contribution in [1.29, 1.82) is 5.26 Å². The molecule has 0 aromatic heterocycles. The normalized spacial score (nSPS) is 19.7. The van der Waals surface area contributed by atoms with Crippen molar-refractivity contribution in [2.75, 3.05) is 17.4 Å². The monoisotopic (exact) mass is 439 g/mol. The molecule has 27 heavy (non-hydrogen) atoms. The van der Waals surface area contributed by atoms with Crippen molar-refractivity contribution in [3.8, 4) is 6.07 Å². The number of aryl methyl sites for hydroxylation is 1. The van der Waals surface area contributed by atoms with Crippen LogP contribution in [0.15, 0.2) is 63.6 Å². The minimum absolute atomic E-state index is 0.0711. The first kappa shape index (κ1) is 18.1. The second kappa shape index (κ2) is 7.41. The van der Waals surface area contributed by atoms with Crippen molar-refractivity contribution in [2.45, 2.75) is 19.3 Å². The highest BCUT2D eigenvalue weighted by atomic mass is 79.9. The fraction of sp³-hybridized carbons (Fsp3) is 0.238. The summed E-state index contributed by atoms with van der Waals surface area (Å²) in [6.07, 6.45) is 0.330. The van der Waals surface area contributed by atoms with Crippen molar-refractivity contribution < 1.29 is 4.79 Å². The zero-order chi connectivity index (χ0) is 19.0. The number of allylic oxidation sites excluding steroid dienone is 1. The van der Waals surface area contributed by atoms with Gasteiger partial charge in [0.05, 0.1) is 29.2 Å². The van der Waals surface area contributed by atoms with Crippen LogP contribution in [0.4, 0.5) is 5.69 Å². The molecule has 0 bridgehead atoms. The molecule has 1 saturated heterocycles. The van der Waals surface area contributed by atoms with E-state index in [0.717, 1.165) is 26.6 Å². The van der Waals surface area contributed by atoms with E-state index in [2.05, 4.69) is 52.0 Å². The fourth-order valence-electron chi connectivity index (χ4n) is 3.53. The number of carbonyl (C=O) groups is 1. The van der Waals surface area contributed by atoms with Gasteiger partial charge in [-0.15, -0.1) is 0 Å². The summed E-state index contributed by atoms with van der Waals surface area (Å²) in [4.78, 5) is 16.9. The van der Waals surface area contributed by atoms with Crippen LogP contribution >= 0.6 is 27.7 Å². The number of benzene rings is 2. The second-order valence-corrected chi connectivity index (χ2v) is 8.60. The molecule has 1 amide bonds. The van der Waals surface area contributed by atoms with Crippen molar-refractivity contribution in [1.82, 2.24) is 4.90 Å². The minimum Gasteiger partial charge on any atom is -0.344 e. The van der Waals surface area contributed by atoms with Gasteiger partial charge in [-0.05, 0) is 42.3 Å². The predicted octanol–water partition coefficient (Wildman–Crippen LogP) is 4.98. The lowest BCUT2D eigenvalue weighted by Gasteiger charge is -2.42. The molecule has 2 aliphatic heterocycles. The molecule has 2 aromatic carbocycles. The van der Waals surface area contributed by atoms with Crippen LogP contribution in [0.1, 0.15) is 23.5 Å². The van der Waals surface area contributed by atoms with Crippen LogP contribution < -0.4 is 4.90 Å². The third-order valence-electron chi connectivity index (χ3n) is 4.93. The Bertz CT molecular complexity index is 964. The number of nitrogens with zero attached hydrogens (tertiary/aromatic N) is 3. The van der Waals surface area contributed by atoms with Gasteiger partial charge in [-0.1, -0.05) is 52.0 Å². The van der Waals surface area contributed by atoms with Gasteiger partial charge in [0.15, 0.2) is 0 Å². The maximum absolute atomic E-state index is 12.9. The summed E-state index contributed by atoms with van der Waals surface area (Å²) in [6.45, 7) is 2.55. The minimum atomic E-state index is -0.167. The Morgan fingerprint density at radius 1 is 1.22 bits per heavy atom. The summed E-state index contributed by atoms with van der Waals surface area (Å²) in [5.74, 6) is 0.627. The number of nitriles is 1. The lowest BCUT2D eigenvalue weighted by Crippen LogP contribution is -2.47. The number of hydrogen-bond donors (Lipinski definition) is 0. The van der Waals surface area contributed by atoms with Crippen LogP contribution in [0.2, 0.25) is 0 Å². The smallest absolute Gasteiger partial charge is 0.229 e. The third-order valence-corrected chi connectivity index (χ3v) is 6.62. The Balaban J connectivity index is 1.66. The molecule has 6 heteroatoms. The largest absolute Gasteiger partial charge is 0.344 e. The van der Waals surface area contributed by atoms with E-state index in [1.54, 1.807) is 16.7 Å². The molecule has 0 saturated carbocycles. The molecule has 0 N–H and O–H groups in total. The van der Waals surface area contributed by atoms with Gasteiger partial charge in [-0.2, -0.15) is 5.26 Å². The standard InChI is InChI=1S/C21H18BrN3OS/c1-14-3-2-4-17(9-14)24-12-25-20(26)10-18(15-5-7-16(22)8-6-15)19(11-23)21(25)27-13-24/h2-9,18H,10,12-13H2,1H3. The number of halogens is 1. The van der Waals surface area contributed by atoms with Gasteiger partial charge in [-0.3, -0.25) is 9.69 Å². The van der Waals surface area contributed by atoms with Crippen molar-refractivity contribution in [3.05, 3.63) is 74.7 Å². The Morgan fingerprint density at radius 2 is 2.00 bits per heavy atom. The molecule has 0 radical (unpaired) electrons. The molecule has 1 atom stereocenters. The van der Waals surface area contributed by atoms with Crippen molar-refractivity contribution in [3.63, 3.8) is 0 Å². The predicted molar refractivity (Wildman–Crippen MR) is 112 cm³/mol. The molecule has 1 fully saturated rings. The highest BCUT2D eigenvalue weighted by Gasteiger charge is 2.38. The number of carbonyl (C=O) groups excluding carboxylic acids is 1. The van der Waals surface area contributed by atoms with Crippen molar-refractivity contribution >= 4 is 39.3 Å². The van der Waals surface area contributed by atoms with Gasteiger partial charge in [0, 0.05) is 22.5 Å². The van der Waals surface area contributed by atoms with Crippen molar-refractivity contribution in [2.24, 2.45) is 0 Å². The molecule has 2 aromatic rings. The molecule has 1 unspecified atom stereocenters. The average molecular weight is 440 g/mol. The van der Waals surface area contributed by atoms with E-state index in [-0.39, 0.29) is 11.8 Å². The fourth-order valence-corrected chi connectivity index (χ4v) is 4.96. The van der Waals surface area contributed by atoms with E-state index in [1.807, 2.05) is 30.3 Å². The van der Waals surface area contributed by atoms with Gasteiger partial charge in [0.25, 0.3) is 0 Å². The Kier molecular flexibility index (Phi) is 4.98. The number of thioether (sulfide) groups is 1. The Morgan fingerprint density at radius 3 is 2.70 bits per heavy atom. The van der Waals surface area contributed by atoms with Crippen LogP contribution in [0.25, 0.3) is 0 Å². The van der Waals surface area contributed by atoms with Gasteiger partial charge in [-0.25, -0.2) is 0 Å². The van der Waals surface area contributed by atoms with E-state index in [4.69, 9.17) is 0 Å². The number of rotatable bonds is 2.